The topological polar surface area (TPSA) is 20.2 Å². The van der Waals surface area contributed by atoms with E-state index in [2.05, 4.69) is 51.2 Å². The Kier molecular flexibility index (Phi) is 3.79. The Balaban J connectivity index is 4.68. The highest BCUT2D eigenvalue weighted by molar-refractivity contribution is 6.87. The predicted octanol–water partition coefficient (Wildman–Crippen LogP) is 2.03. The Labute approximate surface area is 82.6 Å². The second-order valence-corrected chi connectivity index (χ2v) is 9.71. The van der Waals surface area contributed by atoms with Crippen molar-refractivity contribution in [3.8, 4) is 23.8 Å². The van der Waals surface area contributed by atoms with Crippen LogP contribution in [0.4, 0.5) is 0 Å². The first-order valence-corrected chi connectivity index (χ1v) is 7.37. The molecule has 1 N–H and O–H groups in total. The monoisotopic (exact) mass is 194 g/mol. The van der Waals surface area contributed by atoms with Crippen LogP contribution in [0, 0.1) is 23.8 Å². The maximum Gasteiger partial charge on any atom is 0.175 e. The van der Waals surface area contributed by atoms with Gasteiger partial charge in [0.15, 0.2) is 6.10 Å². The largest absolute Gasteiger partial charge is 0.369 e. The van der Waals surface area contributed by atoms with Gasteiger partial charge in [0.2, 0.25) is 0 Å². The molecular weight excluding hydrogens is 176 g/mol. The SMILES string of the molecule is C#C[C@H](O)C#C[Si](C)(C)C(C)(C)C. The fraction of sp³-hybridized carbons (Fsp3) is 0.636. The Morgan fingerprint density at radius 3 is 2.08 bits per heavy atom. The molecule has 0 saturated carbocycles. The van der Waals surface area contributed by atoms with Gasteiger partial charge < -0.3 is 5.11 Å². The van der Waals surface area contributed by atoms with E-state index < -0.39 is 14.2 Å². The molecule has 0 aliphatic heterocycles. The summed E-state index contributed by atoms with van der Waals surface area (Å²) in [4.78, 5) is 0. The zero-order chi connectivity index (χ0) is 10.7. The van der Waals surface area contributed by atoms with Crippen LogP contribution in [0.2, 0.25) is 18.1 Å². The summed E-state index contributed by atoms with van der Waals surface area (Å²) < 4.78 is 0. The van der Waals surface area contributed by atoms with Gasteiger partial charge in [0, 0.05) is 0 Å². The second-order valence-electron chi connectivity index (χ2n) is 4.71. The highest BCUT2D eigenvalue weighted by Crippen LogP contribution is 2.35. The lowest BCUT2D eigenvalue weighted by atomic mass is 10.2. The van der Waals surface area contributed by atoms with Crippen LogP contribution in [0.5, 0.6) is 0 Å². The summed E-state index contributed by atoms with van der Waals surface area (Å²) in [5.41, 5.74) is 3.15. The molecule has 0 aliphatic carbocycles. The first kappa shape index (κ1) is 12.3. The molecule has 0 bridgehead atoms. The van der Waals surface area contributed by atoms with E-state index in [0.717, 1.165) is 0 Å². The van der Waals surface area contributed by atoms with Crippen LogP contribution in [0.3, 0.4) is 0 Å². The molecule has 0 fully saturated rings. The van der Waals surface area contributed by atoms with E-state index in [1.165, 1.54) is 0 Å². The number of rotatable bonds is 0. The Morgan fingerprint density at radius 2 is 1.77 bits per heavy atom. The second kappa shape index (κ2) is 4.00. The van der Waals surface area contributed by atoms with E-state index in [9.17, 15) is 0 Å². The molecule has 0 radical (unpaired) electrons. The number of terminal acetylenes is 1. The van der Waals surface area contributed by atoms with Crippen molar-refractivity contribution in [3.05, 3.63) is 0 Å². The van der Waals surface area contributed by atoms with Gasteiger partial charge >= 0.3 is 0 Å². The van der Waals surface area contributed by atoms with E-state index in [1.54, 1.807) is 0 Å². The molecule has 0 aromatic carbocycles. The van der Waals surface area contributed by atoms with Gasteiger partial charge in [-0.2, -0.15) is 0 Å². The molecule has 1 nitrogen and oxygen atoms in total. The van der Waals surface area contributed by atoms with Gasteiger partial charge in [-0.3, -0.25) is 0 Å². The van der Waals surface area contributed by atoms with E-state index in [1.807, 2.05) is 0 Å². The first-order chi connectivity index (χ1) is 5.70. The van der Waals surface area contributed by atoms with Gasteiger partial charge in [0.1, 0.15) is 8.07 Å². The van der Waals surface area contributed by atoms with Gasteiger partial charge in [-0.15, -0.1) is 12.0 Å². The van der Waals surface area contributed by atoms with Gasteiger partial charge in [-0.25, -0.2) is 0 Å². The highest BCUT2D eigenvalue weighted by Gasteiger charge is 2.33. The first-order valence-electron chi connectivity index (χ1n) is 4.37. The van der Waals surface area contributed by atoms with Crippen molar-refractivity contribution in [2.45, 2.75) is 45.0 Å². The summed E-state index contributed by atoms with van der Waals surface area (Å²) >= 11 is 0. The molecule has 0 spiro atoms. The van der Waals surface area contributed by atoms with Crippen molar-refractivity contribution in [3.63, 3.8) is 0 Å². The molecule has 0 saturated heterocycles. The number of aliphatic hydroxyl groups is 1. The molecule has 0 aliphatic rings. The third-order valence-corrected chi connectivity index (χ3v) is 7.07. The van der Waals surface area contributed by atoms with Crippen molar-refractivity contribution < 1.29 is 5.11 Å². The van der Waals surface area contributed by atoms with Crippen molar-refractivity contribution in [2.75, 3.05) is 0 Å². The average Bonchev–Trinajstić information content (AvgIpc) is 1.98. The Morgan fingerprint density at radius 1 is 1.31 bits per heavy atom. The summed E-state index contributed by atoms with van der Waals surface area (Å²) in [5.74, 6) is 4.90. The summed E-state index contributed by atoms with van der Waals surface area (Å²) in [6.45, 7) is 10.9. The fourth-order valence-electron chi connectivity index (χ4n) is 0.478. The number of hydrogen-bond acceptors (Lipinski definition) is 1. The number of hydrogen-bond donors (Lipinski definition) is 1. The van der Waals surface area contributed by atoms with E-state index in [4.69, 9.17) is 11.5 Å². The van der Waals surface area contributed by atoms with Gasteiger partial charge in [0.05, 0.1) is 0 Å². The standard InChI is InChI=1S/C11H18OSi/c1-7-10(12)8-9-13(5,6)11(2,3)4/h1,10,12H,2-6H3/t10-/m0/s1. The van der Waals surface area contributed by atoms with Crippen molar-refractivity contribution in [2.24, 2.45) is 0 Å². The van der Waals surface area contributed by atoms with Gasteiger partial charge in [-0.1, -0.05) is 45.7 Å². The normalized spacial score (nSPS) is 13.9. The Bertz CT molecular complexity index is 267. The molecule has 0 aromatic heterocycles. The lowest BCUT2D eigenvalue weighted by Gasteiger charge is -2.31. The molecule has 72 valence electrons. The average molecular weight is 194 g/mol. The molecule has 0 amide bonds. The third kappa shape index (κ3) is 3.68. The maximum atomic E-state index is 9.10. The van der Waals surface area contributed by atoms with E-state index >= 15 is 0 Å². The minimum atomic E-state index is -1.60. The van der Waals surface area contributed by atoms with Crippen LogP contribution in [-0.2, 0) is 0 Å². The molecule has 0 rings (SSSR count). The van der Waals surface area contributed by atoms with E-state index in [-0.39, 0.29) is 5.04 Å². The van der Waals surface area contributed by atoms with Crippen molar-refractivity contribution in [1.82, 2.24) is 0 Å². The molecular formula is C11H18OSi. The minimum absolute atomic E-state index is 0.217. The minimum Gasteiger partial charge on any atom is -0.369 e. The van der Waals surface area contributed by atoms with Crippen LogP contribution in [0.1, 0.15) is 20.8 Å². The van der Waals surface area contributed by atoms with Crippen LogP contribution in [0.25, 0.3) is 0 Å². The van der Waals surface area contributed by atoms with Gasteiger partial charge in [0.25, 0.3) is 0 Å². The quantitative estimate of drug-likeness (QED) is 0.462. The number of aliphatic hydroxyl groups excluding tert-OH is 1. The lowest BCUT2D eigenvalue weighted by molar-refractivity contribution is 0.290. The smallest absolute Gasteiger partial charge is 0.175 e. The zero-order valence-corrected chi connectivity index (χ0v) is 10.1. The zero-order valence-electron chi connectivity index (χ0n) is 9.10. The molecule has 0 aromatic rings. The third-order valence-electron chi connectivity index (χ3n) is 2.55. The predicted molar refractivity (Wildman–Crippen MR) is 59.8 cm³/mol. The molecule has 0 unspecified atom stereocenters. The molecule has 0 heterocycles. The summed E-state index contributed by atoms with van der Waals surface area (Å²) in [6.07, 6.45) is 4.12. The molecule has 2 heteroatoms. The van der Waals surface area contributed by atoms with Gasteiger partial charge in [-0.05, 0) is 5.04 Å². The van der Waals surface area contributed by atoms with Crippen LogP contribution >= 0.6 is 0 Å². The van der Waals surface area contributed by atoms with Crippen molar-refractivity contribution in [1.29, 1.82) is 0 Å². The van der Waals surface area contributed by atoms with Crippen LogP contribution < -0.4 is 0 Å². The summed E-state index contributed by atoms with van der Waals surface area (Å²) in [7, 11) is -1.60. The Hall–Kier alpha value is -0.703. The lowest BCUT2D eigenvalue weighted by Crippen LogP contribution is -2.35. The van der Waals surface area contributed by atoms with Crippen LogP contribution in [-0.4, -0.2) is 19.3 Å². The highest BCUT2D eigenvalue weighted by atomic mass is 28.3. The maximum absolute atomic E-state index is 9.10. The molecule has 13 heavy (non-hydrogen) atoms. The molecule has 1 atom stereocenters. The van der Waals surface area contributed by atoms with E-state index in [0.29, 0.717) is 0 Å². The summed E-state index contributed by atoms with van der Waals surface area (Å²) in [5, 5.41) is 9.32. The van der Waals surface area contributed by atoms with Crippen LogP contribution in [0.15, 0.2) is 0 Å². The summed E-state index contributed by atoms with van der Waals surface area (Å²) in [6, 6.07) is 0. The van der Waals surface area contributed by atoms with Crippen molar-refractivity contribution >= 4 is 8.07 Å². The fourth-order valence-corrected chi connectivity index (χ4v) is 1.35.